The van der Waals surface area contributed by atoms with Gasteiger partial charge in [0.15, 0.2) is 0 Å². The van der Waals surface area contributed by atoms with Gasteiger partial charge in [0.05, 0.1) is 5.52 Å². The number of carbonyl (C=O) groups is 1. The predicted octanol–water partition coefficient (Wildman–Crippen LogP) is 1.11. The molecule has 0 atom stereocenters. The Hall–Kier alpha value is -1.95. The summed E-state index contributed by atoms with van der Waals surface area (Å²) in [6.07, 6.45) is 0.649. The van der Waals surface area contributed by atoms with Gasteiger partial charge in [-0.05, 0) is 30.0 Å². The Morgan fingerprint density at radius 3 is 2.90 bits per heavy atom. The summed E-state index contributed by atoms with van der Waals surface area (Å²) in [6.45, 7) is 4.66. The van der Waals surface area contributed by atoms with Crippen molar-refractivity contribution in [1.29, 1.82) is 0 Å². The number of benzene rings is 1. The van der Waals surface area contributed by atoms with E-state index in [1.165, 1.54) is 0 Å². The molecular weight excluding hydrogens is 256 g/mol. The lowest BCUT2D eigenvalue weighted by Crippen LogP contribution is -2.34. The molecule has 1 aromatic heterocycles. The van der Waals surface area contributed by atoms with Crippen molar-refractivity contribution in [2.24, 2.45) is 12.5 Å². The van der Waals surface area contributed by atoms with Gasteiger partial charge in [-0.15, -0.1) is 5.10 Å². The molecule has 0 saturated heterocycles. The third kappa shape index (κ3) is 3.14. The fourth-order valence-electron chi connectivity index (χ4n) is 1.99. The summed E-state index contributed by atoms with van der Waals surface area (Å²) in [4.78, 5) is 12.1. The van der Waals surface area contributed by atoms with E-state index in [1.807, 2.05) is 27.0 Å². The molecule has 1 amide bonds. The van der Waals surface area contributed by atoms with Crippen LogP contribution >= 0.6 is 0 Å². The van der Waals surface area contributed by atoms with Crippen molar-refractivity contribution in [2.45, 2.75) is 20.3 Å². The molecule has 2 rings (SSSR count). The lowest BCUT2D eigenvalue weighted by molar-refractivity contribution is 0.0928. The highest BCUT2D eigenvalue weighted by Gasteiger charge is 2.18. The smallest absolute Gasteiger partial charge is 0.251 e. The van der Waals surface area contributed by atoms with Crippen LogP contribution in [0.1, 0.15) is 30.6 Å². The normalized spacial score (nSPS) is 11.8. The Labute approximate surface area is 117 Å². The highest BCUT2D eigenvalue weighted by atomic mass is 16.3. The Kier molecular flexibility index (Phi) is 4.04. The predicted molar refractivity (Wildman–Crippen MR) is 76.3 cm³/mol. The number of amides is 1. The van der Waals surface area contributed by atoms with Crippen LogP contribution in [0.15, 0.2) is 18.2 Å². The highest BCUT2D eigenvalue weighted by Crippen LogP contribution is 2.18. The van der Waals surface area contributed by atoms with Gasteiger partial charge in [0, 0.05) is 25.8 Å². The second kappa shape index (κ2) is 5.58. The zero-order valence-electron chi connectivity index (χ0n) is 12.1. The second-order valence-electron chi connectivity index (χ2n) is 5.74. The summed E-state index contributed by atoms with van der Waals surface area (Å²) in [6, 6.07) is 5.33. The molecule has 0 bridgehead atoms. The molecule has 6 nitrogen and oxygen atoms in total. The van der Waals surface area contributed by atoms with E-state index in [0.29, 0.717) is 24.0 Å². The number of carbonyl (C=O) groups excluding carboxylic acids is 1. The minimum absolute atomic E-state index is 0.119. The fourth-order valence-corrected chi connectivity index (χ4v) is 1.99. The largest absolute Gasteiger partial charge is 0.396 e. The molecule has 0 aliphatic heterocycles. The van der Waals surface area contributed by atoms with E-state index in [-0.39, 0.29) is 17.9 Å². The van der Waals surface area contributed by atoms with Gasteiger partial charge in [-0.25, -0.2) is 4.68 Å². The van der Waals surface area contributed by atoms with Gasteiger partial charge in [-0.2, -0.15) is 0 Å². The van der Waals surface area contributed by atoms with Crippen LogP contribution in [0.25, 0.3) is 11.0 Å². The number of nitrogens with zero attached hydrogens (tertiary/aromatic N) is 3. The van der Waals surface area contributed by atoms with Crippen LogP contribution in [-0.4, -0.2) is 39.2 Å². The van der Waals surface area contributed by atoms with E-state index in [4.69, 9.17) is 5.11 Å². The van der Waals surface area contributed by atoms with E-state index < -0.39 is 0 Å². The monoisotopic (exact) mass is 276 g/mol. The molecule has 0 unspecified atom stereocenters. The number of aliphatic hydroxyl groups excluding tert-OH is 1. The summed E-state index contributed by atoms with van der Waals surface area (Å²) in [5.41, 5.74) is 2.04. The van der Waals surface area contributed by atoms with Crippen molar-refractivity contribution >= 4 is 16.9 Å². The average molecular weight is 276 g/mol. The van der Waals surface area contributed by atoms with Crippen LogP contribution in [0.3, 0.4) is 0 Å². The van der Waals surface area contributed by atoms with E-state index in [0.717, 1.165) is 5.52 Å². The number of nitrogens with one attached hydrogen (secondary N) is 1. The van der Waals surface area contributed by atoms with Gasteiger partial charge >= 0.3 is 0 Å². The Morgan fingerprint density at radius 1 is 1.45 bits per heavy atom. The molecule has 6 heteroatoms. The summed E-state index contributed by atoms with van der Waals surface area (Å²) in [5, 5.41) is 19.8. The minimum atomic E-state index is -0.136. The maximum atomic E-state index is 12.1. The van der Waals surface area contributed by atoms with Crippen molar-refractivity contribution in [2.75, 3.05) is 13.2 Å². The maximum absolute atomic E-state index is 12.1. The lowest BCUT2D eigenvalue weighted by Gasteiger charge is -2.23. The van der Waals surface area contributed by atoms with Crippen molar-refractivity contribution in [1.82, 2.24) is 20.3 Å². The first kappa shape index (κ1) is 14.5. The lowest BCUT2D eigenvalue weighted by atomic mass is 9.89. The molecule has 0 aliphatic rings. The van der Waals surface area contributed by atoms with Gasteiger partial charge in [-0.1, -0.05) is 19.1 Å². The quantitative estimate of drug-likeness (QED) is 0.857. The minimum Gasteiger partial charge on any atom is -0.396 e. The topological polar surface area (TPSA) is 80.0 Å². The molecule has 0 spiro atoms. The molecule has 2 N–H and O–H groups in total. The van der Waals surface area contributed by atoms with E-state index in [2.05, 4.69) is 15.6 Å². The van der Waals surface area contributed by atoms with Gasteiger partial charge in [-0.3, -0.25) is 4.79 Å². The molecule has 0 fully saturated rings. The molecular formula is C14H20N4O2. The number of hydrogen-bond donors (Lipinski definition) is 2. The van der Waals surface area contributed by atoms with Gasteiger partial charge in [0.2, 0.25) is 0 Å². The molecule has 1 aromatic carbocycles. The number of aryl methyl sites for hydroxylation is 1. The van der Waals surface area contributed by atoms with Crippen molar-refractivity contribution in [3.63, 3.8) is 0 Å². The molecule has 1 heterocycles. The third-order valence-corrected chi connectivity index (χ3v) is 3.39. The molecule has 20 heavy (non-hydrogen) atoms. The molecule has 0 radical (unpaired) electrons. The SMILES string of the molecule is Cn1nnc2cc(C(=O)NCC(C)(C)CCO)ccc21. The zero-order valence-corrected chi connectivity index (χ0v) is 12.1. The summed E-state index contributed by atoms with van der Waals surface area (Å²) in [7, 11) is 1.81. The van der Waals surface area contributed by atoms with Gasteiger partial charge in [0.25, 0.3) is 5.91 Å². The molecule has 0 aliphatic carbocycles. The Balaban J connectivity index is 2.07. The van der Waals surface area contributed by atoms with Crippen LogP contribution < -0.4 is 5.32 Å². The molecule has 2 aromatic rings. The number of fused-ring (bicyclic) bond motifs is 1. The van der Waals surface area contributed by atoms with Crippen molar-refractivity contribution in [3.05, 3.63) is 23.8 Å². The first-order valence-electron chi connectivity index (χ1n) is 6.61. The first-order valence-corrected chi connectivity index (χ1v) is 6.61. The first-order chi connectivity index (χ1) is 9.43. The van der Waals surface area contributed by atoms with Gasteiger partial charge < -0.3 is 10.4 Å². The number of aliphatic hydroxyl groups is 1. The number of aromatic nitrogens is 3. The summed E-state index contributed by atoms with van der Waals surface area (Å²) in [5.74, 6) is -0.136. The van der Waals surface area contributed by atoms with Crippen molar-refractivity contribution in [3.8, 4) is 0 Å². The van der Waals surface area contributed by atoms with E-state index in [1.54, 1.807) is 16.8 Å². The van der Waals surface area contributed by atoms with E-state index >= 15 is 0 Å². The fraction of sp³-hybridized carbons (Fsp3) is 0.500. The zero-order chi connectivity index (χ0) is 14.8. The Bertz CT molecular complexity index is 619. The number of rotatable bonds is 5. The molecule has 0 saturated carbocycles. The summed E-state index contributed by atoms with van der Waals surface area (Å²) >= 11 is 0. The van der Waals surface area contributed by atoms with E-state index in [9.17, 15) is 4.79 Å². The number of hydrogen-bond acceptors (Lipinski definition) is 4. The van der Waals surface area contributed by atoms with Crippen LogP contribution in [0, 0.1) is 5.41 Å². The maximum Gasteiger partial charge on any atom is 0.251 e. The Morgan fingerprint density at radius 2 is 2.20 bits per heavy atom. The highest BCUT2D eigenvalue weighted by molar-refractivity contribution is 5.97. The van der Waals surface area contributed by atoms with Crippen LogP contribution in [0.2, 0.25) is 0 Å². The summed E-state index contributed by atoms with van der Waals surface area (Å²) < 4.78 is 1.67. The van der Waals surface area contributed by atoms with Crippen LogP contribution in [-0.2, 0) is 7.05 Å². The van der Waals surface area contributed by atoms with Crippen LogP contribution in [0.4, 0.5) is 0 Å². The second-order valence-corrected chi connectivity index (χ2v) is 5.74. The molecule has 108 valence electrons. The third-order valence-electron chi connectivity index (χ3n) is 3.39. The van der Waals surface area contributed by atoms with Gasteiger partial charge in [0.1, 0.15) is 5.52 Å². The van der Waals surface area contributed by atoms with Crippen LogP contribution in [0.5, 0.6) is 0 Å². The van der Waals surface area contributed by atoms with Crippen molar-refractivity contribution < 1.29 is 9.90 Å². The standard InChI is InChI=1S/C14H20N4O2/c1-14(2,6-7-19)9-15-13(20)10-4-5-12-11(8-10)16-17-18(12)3/h4-5,8,19H,6-7,9H2,1-3H3,(H,15,20). The average Bonchev–Trinajstić information content (AvgIpc) is 2.77.